The van der Waals surface area contributed by atoms with E-state index in [-0.39, 0.29) is 6.10 Å². The van der Waals surface area contributed by atoms with E-state index in [4.69, 9.17) is 18.3 Å². The number of rotatable bonds is 5. The fraction of sp³-hybridized carbons (Fsp3) is 0.312. The highest BCUT2D eigenvalue weighted by Gasteiger charge is 2.23. The van der Waals surface area contributed by atoms with Crippen LogP contribution in [0.25, 0.3) is 22.6 Å². The first kappa shape index (κ1) is 12.5. The molecule has 21 heavy (non-hydrogen) atoms. The molecule has 1 atom stereocenters. The van der Waals surface area contributed by atoms with Gasteiger partial charge in [-0.15, -0.1) is 0 Å². The molecule has 2 aromatic heterocycles. The molecule has 1 saturated heterocycles. The minimum absolute atomic E-state index is 0.227. The average Bonchev–Trinajstić information content (AvgIpc) is 3.03. The Morgan fingerprint density at radius 3 is 3.00 bits per heavy atom. The molecule has 5 heteroatoms. The minimum atomic E-state index is 0.227. The van der Waals surface area contributed by atoms with Crippen molar-refractivity contribution in [1.29, 1.82) is 0 Å². The molecule has 1 aliphatic heterocycles. The van der Waals surface area contributed by atoms with Gasteiger partial charge in [-0.2, -0.15) is 0 Å². The lowest BCUT2D eigenvalue weighted by atomic mass is 10.2. The van der Waals surface area contributed by atoms with E-state index in [0.717, 1.165) is 35.5 Å². The van der Waals surface area contributed by atoms with Crippen LogP contribution in [0.3, 0.4) is 0 Å². The molecule has 108 valence electrons. The zero-order valence-electron chi connectivity index (χ0n) is 11.7. The smallest absolute Gasteiger partial charge is 0.263 e. The lowest BCUT2D eigenvalue weighted by Crippen LogP contribution is -2.03. The zero-order valence-corrected chi connectivity index (χ0v) is 11.7. The molecule has 1 aliphatic rings. The van der Waals surface area contributed by atoms with Crippen molar-refractivity contribution in [2.24, 2.45) is 0 Å². The van der Waals surface area contributed by atoms with Gasteiger partial charge < -0.3 is 18.3 Å². The summed E-state index contributed by atoms with van der Waals surface area (Å²) >= 11 is 0. The normalized spacial score (nSPS) is 17.3. The number of oxazole rings is 1. The standard InChI is InChI=1S/C16H15NO4/c1-2-10-7-17-16(20-10)15-6-12-13(19-9-11-8-18-11)4-3-5-14(12)21-15/h3-7,11H,2,8-9H2,1H3. The number of epoxide rings is 1. The van der Waals surface area contributed by atoms with Gasteiger partial charge in [0.15, 0.2) is 5.76 Å². The summed E-state index contributed by atoms with van der Waals surface area (Å²) in [5, 5.41) is 0.921. The highest BCUT2D eigenvalue weighted by Crippen LogP contribution is 2.33. The molecular formula is C16H15NO4. The van der Waals surface area contributed by atoms with Gasteiger partial charge in [-0.1, -0.05) is 13.0 Å². The molecule has 0 amide bonds. The molecule has 1 unspecified atom stereocenters. The molecular weight excluding hydrogens is 270 g/mol. The number of aromatic nitrogens is 1. The van der Waals surface area contributed by atoms with E-state index in [9.17, 15) is 0 Å². The topological polar surface area (TPSA) is 60.9 Å². The Morgan fingerprint density at radius 2 is 2.24 bits per heavy atom. The van der Waals surface area contributed by atoms with Gasteiger partial charge in [-0.3, -0.25) is 0 Å². The molecule has 0 N–H and O–H groups in total. The maximum absolute atomic E-state index is 5.81. The molecule has 0 bridgehead atoms. The lowest BCUT2D eigenvalue weighted by Gasteiger charge is -2.04. The van der Waals surface area contributed by atoms with Crippen LogP contribution in [0.2, 0.25) is 0 Å². The summed E-state index contributed by atoms with van der Waals surface area (Å²) in [6, 6.07) is 7.65. The molecule has 0 aliphatic carbocycles. The predicted molar refractivity (Wildman–Crippen MR) is 76.3 cm³/mol. The summed E-state index contributed by atoms with van der Waals surface area (Å²) in [5.74, 6) is 2.75. The van der Waals surface area contributed by atoms with Crippen molar-refractivity contribution < 1.29 is 18.3 Å². The van der Waals surface area contributed by atoms with Crippen LogP contribution in [0, 0.1) is 0 Å². The third-order valence-electron chi connectivity index (χ3n) is 3.46. The first-order chi connectivity index (χ1) is 10.3. The Kier molecular flexibility index (Phi) is 2.93. The summed E-state index contributed by atoms with van der Waals surface area (Å²) in [4.78, 5) is 4.25. The van der Waals surface area contributed by atoms with Crippen LogP contribution < -0.4 is 4.74 Å². The highest BCUT2D eigenvalue weighted by atomic mass is 16.6. The number of furan rings is 1. The van der Waals surface area contributed by atoms with E-state index in [0.29, 0.717) is 18.3 Å². The molecule has 3 aromatic rings. The Hall–Kier alpha value is -2.27. The monoisotopic (exact) mass is 285 g/mol. The largest absolute Gasteiger partial charge is 0.490 e. The Morgan fingerprint density at radius 1 is 1.33 bits per heavy atom. The van der Waals surface area contributed by atoms with E-state index < -0.39 is 0 Å². The van der Waals surface area contributed by atoms with Gasteiger partial charge in [0.05, 0.1) is 18.2 Å². The average molecular weight is 285 g/mol. The van der Waals surface area contributed by atoms with Crippen LogP contribution in [0.1, 0.15) is 12.7 Å². The first-order valence-electron chi connectivity index (χ1n) is 7.05. The van der Waals surface area contributed by atoms with Gasteiger partial charge in [0.1, 0.15) is 29.8 Å². The molecule has 1 fully saturated rings. The third kappa shape index (κ3) is 2.40. The highest BCUT2D eigenvalue weighted by molar-refractivity contribution is 5.87. The van der Waals surface area contributed by atoms with Crippen molar-refractivity contribution in [1.82, 2.24) is 4.98 Å². The van der Waals surface area contributed by atoms with Crippen LogP contribution in [-0.2, 0) is 11.2 Å². The lowest BCUT2D eigenvalue weighted by molar-refractivity contribution is 0.265. The van der Waals surface area contributed by atoms with Gasteiger partial charge in [0.2, 0.25) is 0 Å². The number of benzene rings is 1. The number of hydrogen-bond acceptors (Lipinski definition) is 5. The second-order valence-electron chi connectivity index (χ2n) is 5.03. The molecule has 4 rings (SSSR count). The summed E-state index contributed by atoms with van der Waals surface area (Å²) < 4.78 is 22.4. The van der Waals surface area contributed by atoms with Crippen molar-refractivity contribution in [2.75, 3.05) is 13.2 Å². The van der Waals surface area contributed by atoms with Crippen molar-refractivity contribution in [2.45, 2.75) is 19.4 Å². The van der Waals surface area contributed by atoms with E-state index in [1.807, 2.05) is 31.2 Å². The van der Waals surface area contributed by atoms with Crippen molar-refractivity contribution in [3.8, 4) is 17.4 Å². The first-order valence-corrected chi connectivity index (χ1v) is 7.05. The number of hydrogen-bond donors (Lipinski definition) is 0. The quantitative estimate of drug-likeness (QED) is 0.672. The van der Waals surface area contributed by atoms with Gasteiger partial charge in [0, 0.05) is 12.5 Å². The number of aryl methyl sites for hydroxylation is 1. The maximum Gasteiger partial charge on any atom is 0.263 e. The van der Waals surface area contributed by atoms with E-state index in [2.05, 4.69) is 4.98 Å². The molecule has 3 heterocycles. The van der Waals surface area contributed by atoms with Crippen molar-refractivity contribution >= 4 is 11.0 Å². The number of ether oxygens (including phenoxy) is 2. The molecule has 0 spiro atoms. The van der Waals surface area contributed by atoms with Crippen LogP contribution in [0.5, 0.6) is 5.75 Å². The predicted octanol–water partition coefficient (Wildman–Crippen LogP) is 3.43. The second kappa shape index (κ2) is 4.93. The van der Waals surface area contributed by atoms with E-state index in [1.165, 1.54) is 0 Å². The summed E-state index contributed by atoms with van der Waals surface area (Å²) in [7, 11) is 0. The van der Waals surface area contributed by atoms with Gasteiger partial charge >= 0.3 is 0 Å². The molecule has 5 nitrogen and oxygen atoms in total. The van der Waals surface area contributed by atoms with Gasteiger partial charge in [0.25, 0.3) is 5.89 Å². The maximum atomic E-state index is 5.81. The number of fused-ring (bicyclic) bond motifs is 1. The van der Waals surface area contributed by atoms with Crippen LogP contribution in [0.15, 0.2) is 39.3 Å². The zero-order chi connectivity index (χ0) is 14.2. The minimum Gasteiger partial charge on any atom is -0.490 e. The fourth-order valence-electron chi connectivity index (χ4n) is 2.20. The van der Waals surface area contributed by atoms with Gasteiger partial charge in [-0.05, 0) is 12.1 Å². The van der Waals surface area contributed by atoms with Gasteiger partial charge in [-0.25, -0.2) is 4.98 Å². The molecule has 0 saturated carbocycles. The Bertz CT molecular complexity index is 770. The Balaban J connectivity index is 1.69. The fourth-order valence-corrected chi connectivity index (χ4v) is 2.20. The SMILES string of the molecule is CCc1cnc(-c2cc3c(OCC4CO4)cccc3o2)o1. The molecule has 0 radical (unpaired) electrons. The third-order valence-corrected chi connectivity index (χ3v) is 3.46. The van der Waals surface area contributed by atoms with Crippen LogP contribution >= 0.6 is 0 Å². The summed E-state index contributed by atoms with van der Waals surface area (Å²) in [6.07, 6.45) is 2.76. The van der Waals surface area contributed by atoms with Crippen molar-refractivity contribution in [3.63, 3.8) is 0 Å². The molecule has 1 aromatic carbocycles. The second-order valence-corrected chi connectivity index (χ2v) is 5.03. The van der Waals surface area contributed by atoms with Crippen LogP contribution in [-0.4, -0.2) is 24.3 Å². The summed E-state index contributed by atoms with van der Waals surface area (Å²) in [5.41, 5.74) is 0.760. The Labute approximate surface area is 121 Å². The van der Waals surface area contributed by atoms with E-state index >= 15 is 0 Å². The number of nitrogens with zero attached hydrogens (tertiary/aromatic N) is 1. The van der Waals surface area contributed by atoms with Crippen LogP contribution in [0.4, 0.5) is 0 Å². The summed E-state index contributed by atoms with van der Waals surface area (Å²) in [6.45, 7) is 3.37. The van der Waals surface area contributed by atoms with E-state index in [1.54, 1.807) is 6.20 Å². The van der Waals surface area contributed by atoms with Crippen molar-refractivity contribution in [3.05, 3.63) is 36.2 Å².